The van der Waals surface area contributed by atoms with Crippen molar-refractivity contribution in [2.75, 3.05) is 0 Å². The normalized spacial score (nSPS) is 21.7. The fraction of sp³-hybridized carbons (Fsp3) is 0.385. The number of rotatable bonds is 4. The van der Waals surface area contributed by atoms with Crippen LogP contribution in [0.5, 0.6) is 0 Å². The summed E-state index contributed by atoms with van der Waals surface area (Å²) in [6.45, 7) is 2.17. The third kappa shape index (κ3) is 3.98. The summed E-state index contributed by atoms with van der Waals surface area (Å²) in [5.41, 5.74) is 4.43. The van der Waals surface area contributed by atoms with Crippen LogP contribution in [-0.2, 0) is 6.42 Å². The Labute approximate surface area is 180 Å². The minimum absolute atomic E-state index is 0.220. The van der Waals surface area contributed by atoms with Gasteiger partial charge < -0.3 is 0 Å². The van der Waals surface area contributed by atoms with Crippen molar-refractivity contribution in [2.24, 2.45) is 16.8 Å². The number of benzene rings is 2. The minimum atomic E-state index is -0.835. The largest absolute Gasteiger partial charge is 0.257 e. The molecular formula is C26H25F3N2. The summed E-state index contributed by atoms with van der Waals surface area (Å²) in [6, 6.07) is 9.34. The van der Waals surface area contributed by atoms with Gasteiger partial charge >= 0.3 is 0 Å². The van der Waals surface area contributed by atoms with Crippen molar-refractivity contribution in [3.63, 3.8) is 0 Å². The van der Waals surface area contributed by atoms with Gasteiger partial charge in [0.2, 0.25) is 0 Å². The Balaban J connectivity index is 1.23. The van der Waals surface area contributed by atoms with Crippen LogP contribution in [0, 0.1) is 29.3 Å². The second kappa shape index (κ2) is 8.10. The topological polar surface area (TPSA) is 25.2 Å². The Hall–Kier alpha value is -2.69. The zero-order chi connectivity index (χ0) is 21.5. The van der Waals surface area contributed by atoms with Crippen LogP contribution in [0.4, 0.5) is 18.9 Å². The summed E-state index contributed by atoms with van der Waals surface area (Å²) in [7, 11) is 0. The summed E-state index contributed by atoms with van der Waals surface area (Å²) >= 11 is 0. The molecule has 5 rings (SSSR count). The molecule has 1 aliphatic carbocycles. The number of hydrogen-bond acceptors (Lipinski definition) is 2. The lowest BCUT2D eigenvalue weighted by atomic mass is 9.74. The van der Waals surface area contributed by atoms with Crippen molar-refractivity contribution < 1.29 is 13.2 Å². The van der Waals surface area contributed by atoms with E-state index in [0.717, 1.165) is 54.3 Å². The molecule has 1 aliphatic heterocycles. The van der Waals surface area contributed by atoms with Crippen molar-refractivity contribution in [2.45, 2.75) is 51.4 Å². The maximum Gasteiger partial charge on any atom is 0.160 e. The zero-order valence-corrected chi connectivity index (χ0v) is 17.5. The summed E-state index contributed by atoms with van der Waals surface area (Å²) in [6.07, 6.45) is 7.88. The van der Waals surface area contributed by atoms with Crippen LogP contribution in [0.1, 0.15) is 56.1 Å². The van der Waals surface area contributed by atoms with E-state index in [4.69, 9.17) is 0 Å². The second-order valence-electron chi connectivity index (χ2n) is 9.09. The van der Waals surface area contributed by atoms with Crippen molar-refractivity contribution in [1.82, 2.24) is 4.98 Å². The molecule has 2 aromatic carbocycles. The molecule has 0 amide bonds. The molecule has 2 aliphatic rings. The van der Waals surface area contributed by atoms with Crippen LogP contribution < -0.4 is 0 Å². The first kappa shape index (κ1) is 20.2. The van der Waals surface area contributed by atoms with E-state index in [1.165, 1.54) is 23.8 Å². The van der Waals surface area contributed by atoms with E-state index in [-0.39, 0.29) is 11.7 Å². The van der Waals surface area contributed by atoms with Crippen molar-refractivity contribution in [3.05, 3.63) is 71.2 Å². The molecule has 1 atom stereocenters. The molecule has 0 saturated heterocycles. The van der Waals surface area contributed by atoms with Gasteiger partial charge in [-0.15, -0.1) is 0 Å². The van der Waals surface area contributed by atoms with E-state index < -0.39 is 11.6 Å². The van der Waals surface area contributed by atoms with E-state index in [1.807, 2.05) is 12.3 Å². The molecule has 3 aromatic rings. The predicted molar refractivity (Wildman–Crippen MR) is 117 cm³/mol. The van der Waals surface area contributed by atoms with Crippen LogP contribution in [0.3, 0.4) is 0 Å². The molecule has 0 N–H and O–H groups in total. The van der Waals surface area contributed by atoms with Crippen LogP contribution in [0.25, 0.3) is 10.9 Å². The summed E-state index contributed by atoms with van der Waals surface area (Å²) < 4.78 is 40.8. The molecule has 2 heterocycles. The Bertz CT molecular complexity index is 1160. The van der Waals surface area contributed by atoms with E-state index >= 15 is 0 Å². The Morgan fingerprint density at radius 2 is 1.74 bits per heavy atom. The zero-order valence-electron chi connectivity index (χ0n) is 17.5. The molecule has 1 aromatic heterocycles. The lowest BCUT2D eigenvalue weighted by molar-refractivity contribution is 0.296. The van der Waals surface area contributed by atoms with Crippen LogP contribution >= 0.6 is 0 Å². The number of fused-ring (bicyclic) bond motifs is 2. The molecule has 0 unspecified atom stereocenters. The number of aliphatic imine (C=N–C) groups is 1. The van der Waals surface area contributed by atoms with Gasteiger partial charge in [0.15, 0.2) is 11.6 Å². The quantitative estimate of drug-likeness (QED) is 0.434. The molecule has 0 bridgehead atoms. The minimum Gasteiger partial charge on any atom is -0.257 e. The van der Waals surface area contributed by atoms with E-state index in [1.54, 1.807) is 12.1 Å². The molecule has 2 nitrogen and oxygen atoms in total. The first-order chi connectivity index (χ1) is 15.0. The average molecular weight is 422 g/mol. The number of pyridine rings is 1. The molecular weight excluding hydrogens is 397 g/mol. The lowest BCUT2D eigenvalue weighted by Gasteiger charge is -2.31. The van der Waals surface area contributed by atoms with Crippen LogP contribution in [0.2, 0.25) is 0 Å². The highest BCUT2D eigenvalue weighted by atomic mass is 19.2. The number of aromatic nitrogens is 1. The fourth-order valence-electron chi connectivity index (χ4n) is 5.34. The van der Waals surface area contributed by atoms with Gasteiger partial charge in [0.1, 0.15) is 5.82 Å². The monoisotopic (exact) mass is 422 g/mol. The van der Waals surface area contributed by atoms with Crippen LogP contribution in [0.15, 0.2) is 47.6 Å². The Morgan fingerprint density at radius 1 is 0.968 bits per heavy atom. The third-order valence-corrected chi connectivity index (χ3v) is 7.04. The molecule has 1 fully saturated rings. The highest BCUT2D eigenvalue weighted by Crippen LogP contribution is 2.41. The van der Waals surface area contributed by atoms with E-state index in [0.29, 0.717) is 23.9 Å². The van der Waals surface area contributed by atoms with Gasteiger partial charge in [-0.3, -0.25) is 9.98 Å². The van der Waals surface area contributed by atoms with Gasteiger partial charge in [0, 0.05) is 29.8 Å². The summed E-state index contributed by atoms with van der Waals surface area (Å²) in [4.78, 5) is 8.97. The molecule has 31 heavy (non-hydrogen) atoms. The first-order valence-corrected chi connectivity index (χ1v) is 11.1. The third-order valence-electron chi connectivity index (χ3n) is 7.04. The Kier molecular flexibility index (Phi) is 5.28. The fourth-order valence-corrected chi connectivity index (χ4v) is 5.34. The second-order valence-corrected chi connectivity index (χ2v) is 9.09. The molecule has 0 spiro atoms. The predicted octanol–water partition coefficient (Wildman–Crippen LogP) is 7.28. The van der Waals surface area contributed by atoms with Crippen molar-refractivity contribution in [3.8, 4) is 0 Å². The van der Waals surface area contributed by atoms with Crippen LogP contribution in [-0.4, -0.2) is 10.7 Å². The van der Waals surface area contributed by atoms with Gasteiger partial charge in [0.25, 0.3) is 0 Å². The molecule has 1 saturated carbocycles. The SMILES string of the molecule is C[C@H](CC1CCC(c2ccnc3ccc(F)cc23)CC1)C1=Nc2cc(F)c(F)cc2C1. The Morgan fingerprint density at radius 3 is 2.55 bits per heavy atom. The number of hydrogen-bond donors (Lipinski definition) is 0. The number of halogens is 3. The van der Waals surface area contributed by atoms with Gasteiger partial charge in [0.05, 0.1) is 11.2 Å². The standard InChI is InChI=1S/C26H25F3N2/c1-15(25-12-18-11-22(28)23(29)14-26(18)31-25)10-16-2-4-17(5-3-16)20-8-9-30-24-7-6-19(27)13-21(20)24/h6-9,11,13-17H,2-5,10,12H2,1H3/t15-,16?,17?/m1/s1. The van der Waals surface area contributed by atoms with Crippen molar-refractivity contribution >= 4 is 22.3 Å². The van der Waals surface area contributed by atoms with Gasteiger partial charge in [-0.05, 0) is 91.3 Å². The van der Waals surface area contributed by atoms with Crippen molar-refractivity contribution in [1.29, 1.82) is 0 Å². The van der Waals surface area contributed by atoms with E-state index in [9.17, 15) is 13.2 Å². The van der Waals surface area contributed by atoms with Gasteiger partial charge in [-0.25, -0.2) is 13.2 Å². The highest BCUT2D eigenvalue weighted by molar-refractivity contribution is 5.95. The van der Waals surface area contributed by atoms with Gasteiger partial charge in [-0.1, -0.05) is 6.92 Å². The summed E-state index contributed by atoms with van der Waals surface area (Å²) in [5.74, 6) is -0.532. The number of nitrogens with zero attached hydrogens (tertiary/aromatic N) is 2. The first-order valence-electron chi connectivity index (χ1n) is 11.1. The molecule has 160 valence electrons. The summed E-state index contributed by atoms with van der Waals surface area (Å²) in [5, 5.41) is 0.928. The highest BCUT2D eigenvalue weighted by Gasteiger charge is 2.28. The smallest absolute Gasteiger partial charge is 0.160 e. The maximum absolute atomic E-state index is 13.8. The molecule has 0 radical (unpaired) electrons. The average Bonchev–Trinajstić information content (AvgIpc) is 3.17. The maximum atomic E-state index is 13.8. The molecule has 5 heteroatoms. The lowest BCUT2D eigenvalue weighted by Crippen LogP contribution is -2.20. The van der Waals surface area contributed by atoms with E-state index in [2.05, 4.69) is 16.9 Å². The van der Waals surface area contributed by atoms with Gasteiger partial charge in [-0.2, -0.15) is 0 Å².